The van der Waals surface area contributed by atoms with Crippen LogP contribution in [0.5, 0.6) is 0 Å². The van der Waals surface area contributed by atoms with Gasteiger partial charge in [-0.05, 0) is 49.2 Å². The average Bonchev–Trinajstić information content (AvgIpc) is 3.23. The van der Waals surface area contributed by atoms with E-state index in [0.717, 1.165) is 37.6 Å². The zero-order valence-electron chi connectivity index (χ0n) is 14.8. The number of pyridine rings is 1. The molecule has 0 aliphatic carbocycles. The molecule has 2 aliphatic rings. The lowest BCUT2D eigenvalue weighted by Gasteiger charge is -2.36. The first kappa shape index (κ1) is 16.8. The van der Waals surface area contributed by atoms with Crippen LogP contribution in [0.25, 0.3) is 0 Å². The third-order valence-corrected chi connectivity index (χ3v) is 5.20. The molecular weight excluding hydrogens is 331 g/mol. The molecule has 6 heteroatoms. The summed E-state index contributed by atoms with van der Waals surface area (Å²) in [5.74, 6) is -0.247. The fourth-order valence-corrected chi connectivity index (χ4v) is 3.66. The van der Waals surface area contributed by atoms with E-state index in [1.807, 2.05) is 23.2 Å². The molecule has 0 saturated carbocycles. The van der Waals surface area contributed by atoms with E-state index in [-0.39, 0.29) is 11.7 Å². The van der Waals surface area contributed by atoms with E-state index >= 15 is 0 Å². The molecule has 2 saturated heterocycles. The monoisotopic (exact) mass is 354 g/mol. The van der Waals surface area contributed by atoms with Crippen molar-refractivity contribution in [2.75, 3.05) is 49.1 Å². The van der Waals surface area contributed by atoms with E-state index in [4.69, 9.17) is 0 Å². The summed E-state index contributed by atoms with van der Waals surface area (Å²) in [5, 5.41) is 0. The number of nitrogens with zero attached hydrogens (tertiary/aromatic N) is 4. The molecule has 0 N–H and O–H groups in total. The summed E-state index contributed by atoms with van der Waals surface area (Å²) < 4.78 is 13.1. The number of benzene rings is 1. The highest BCUT2D eigenvalue weighted by Crippen LogP contribution is 2.20. The van der Waals surface area contributed by atoms with Crippen LogP contribution < -0.4 is 9.80 Å². The first-order valence-corrected chi connectivity index (χ1v) is 9.21. The lowest BCUT2D eigenvalue weighted by atomic mass is 10.2. The van der Waals surface area contributed by atoms with Crippen LogP contribution in [0.2, 0.25) is 0 Å². The Kier molecular flexibility index (Phi) is 4.73. The molecular formula is C20H23FN4O. The molecule has 136 valence electrons. The summed E-state index contributed by atoms with van der Waals surface area (Å²) in [4.78, 5) is 23.4. The topological polar surface area (TPSA) is 39.7 Å². The molecule has 0 radical (unpaired) electrons. The molecule has 0 bridgehead atoms. The number of amides is 1. The molecule has 2 aliphatic heterocycles. The maximum Gasteiger partial charge on any atom is 0.272 e. The average molecular weight is 354 g/mol. The molecule has 4 rings (SSSR count). The Balaban J connectivity index is 1.36. The van der Waals surface area contributed by atoms with Gasteiger partial charge in [-0.15, -0.1) is 0 Å². The van der Waals surface area contributed by atoms with Gasteiger partial charge in [0.25, 0.3) is 5.91 Å². The number of piperazine rings is 1. The minimum Gasteiger partial charge on any atom is -0.370 e. The van der Waals surface area contributed by atoms with Crippen molar-refractivity contribution in [3.05, 3.63) is 54.1 Å². The normalized spacial score (nSPS) is 17.7. The number of aromatic nitrogens is 1. The smallest absolute Gasteiger partial charge is 0.272 e. The molecule has 3 heterocycles. The largest absolute Gasteiger partial charge is 0.370 e. The van der Waals surface area contributed by atoms with Gasteiger partial charge >= 0.3 is 0 Å². The Labute approximate surface area is 153 Å². The van der Waals surface area contributed by atoms with Gasteiger partial charge in [-0.2, -0.15) is 0 Å². The molecule has 2 aromatic rings. The lowest BCUT2D eigenvalue weighted by Crippen LogP contribution is -2.49. The third kappa shape index (κ3) is 3.49. The first-order valence-electron chi connectivity index (χ1n) is 9.21. The number of rotatable bonds is 3. The van der Waals surface area contributed by atoms with Crippen molar-refractivity contribution in [2.24, 2.45) is 0 Å². The van der Waals surface area contributed by atoms with Crippen LogP contribution in [-0.2, 0) is 0 Å². The first-order chi connectivity index (χ1) is 12.7. The Hall–Kier alpha value is -2.63. The zero-order chi connectivity index (χ0) is 17.9. The fraction of sp³-hybridized carbons (Fsp3) is 0.400. The molecule has 1 aromatic carbocycles. The van der Waals surface area contributed by atoms with Crippen LogP contribution in [-0.4, -0.2) is 55.1 Å². The minimum absolute atomic E-state index is 0.0169. The van der Waals surface area contributed by atoms with Gasteiger partial charge in [0.15, 0.2) is 0 Å². The second-order valence-electron chi connectivity index (χ2n) is 6.85. The van der Waals surface area contributed by atoms with Crippen molar-refractivity contribution in [3.8, 4) is 0 Å². The van der Waals surface area contributed by atoms with E-state index in [9.17, 15) is 9.18 Å². The molecule has 1 aromatic heterocycles. The maximum atomic E-state index is 13.1. The van der Waals surface area contributed by atoms with E-state index in [1.165, 1.54) is 25.0 Å². The summed E-state index contributed by atoms with van der Waals surface area (Å²) in [6.45, 7) is 4.91. The molecule has 0 spiro atoms. The van der Waals surface area contributed by atoms with Crippen molar-refractivity contribution in [1.29, 1.82) is 0 Å². The second kappa shape index (κ2) is 7.32. The maximum absolute atomic E-state index is 13.1. The van der Waals surface area contributed by atoms with Gasteiger partial charge in [-0.1, -0.05) is 0 Å². The fourth-order valence-electron chi connectivity index (χ4n) is 3.66. The Morgan fingerprint density at radius 2 is 1.42 bits per heavy atom. The van der Waals surface area contributed by atoms with Crippen LogP contribution in [0.1, 0.15) is 23.3 Å². The Morgan fingerprint density at radius 3 is 2.04 bits per heavy atom. The number of hydrogen-bond donors (Lipinski definition) is 0. The van der Waals surface area contributed by atoms with Crippen molar-refractivity contribution in [3.63, 3.8) is 0 Å². The second-order valence-corrected chi connectivity index (χ2v) is 6.85. The Morgan fingerprint density at radius 1 is 0.808 bits per heavy atom. The lowest BCUT2D eigenvalue weighted by molar-refractivity contribution is 0.0741. The predicted molar refractivity (Wildman–Crippen MR) is 100 cm³/mol. The summed E-state index contributed by atoms with van der Waals surface area (Å²) in [5.41, 5.74) is 2.59. The van der Waals surface area contributed by atoms with E-state index in [1.54, 1.807) is 12.1 Å². The SMILES string of the molecule is O=C(c1ccc(N2CCCC2)cn1)N1CCN(c2ccc(F)cc2)CC1. The van der Waals surface area contributed by atoms with Gasteiger partial charge < -0.3 is 14.7 Å². The zero-order valence-corrected chi connectivity index (χ0v) is 14.8. The van der Waals surface area contributed by atoms with Crippen molar-refractivity contribution in [2.45, 2.75) is 12.8 Å². The standard InChI is InChI=1S/C20H23FN4O/c21-16-3-5-17(6-4-16)24-11-13-25(14-12-24)20(26)19-8-7-18(15-22-19)23-9-1-2-10-23/h3-8,15H,1-2,9-14H2. The van der Waals surface area contributed by atoms with Gasteiger partial charge in [0.1, 0.15) is 11.5 Å². The highest BCUT2D eigenvalue weighted by atomic mass is 19.1. The molecule has 2 fully saturated rings. The Bertz CT molecular complexity index is 748. The molecule has 0 atom stereocenters. The van der Waals surface area contributed by atoms with Crippen molar-refractivity contribution in [1.82, 2.24) is 9.88 Å². The van der Waals surface area contributed by atoms with Crippen LogP contribution in [0.3, 0.4) is 0 Å². The number of halogens is 1. The third-order valence-electron chi connectivity index (χ3n) is 5.20. The quantitative estimate of drug-likeness (QED) is 0.850. The number of carbonyl (C=O) groups is 1. The van der Waals surface area contributed by atoms with Gasteiger partial charge in [-0.3, -0.25) is 4.79 Å². The minimum atomic E-state index is -0.231. The van der Waals surface area contributed by atoms with Crippen LogP contribution in [0.4, 0.5) is 15.8 Å². The van der Waals surface area contributed by atoms with E-state index < -0.39 is 0 Å². The summed E-state index contributed by atoms with van der Waals surface area (Å²) in [6, 6.07) is 10.3. The van der Waals surface area contributed by atoms with Crippen LogP contribution in [0, 0.1) is 5.82 Å². The highest BCUT2D eigenvalue weighted by Gasteiger charge is 2.23. The number of carbonyl (C=O) groups excluding carboxylic acids is 1. The van der Waals surface area contributed by atoms with Crippen LogP contribution in [0.15, 0.2) is 42.6 Å². The molecule has 26 heavy (non-hydrogen) atoms. The van der Waals surface area contributed by atoms with E-state index in [0.29, 0.717) is 18.8 Å². The number of hydrogen-bond acceptors (Lipinski definition) is 4. The van der Waals surface area contributed by atoms with Crippen molar-refractivity contribution >= 4 is 17.3 Å². The van der Waals surface area contributed by atoms with E-state index in [2.05, 4.69) is 14.8 Å². The predicted octanol–water partition coefficient (Wildman–Crippen LogP) is 2.78. The van der Waals surface area contributed by atoms with Gasteiger partial charge in [0, 0.05) is 45.0 Å². The number of anilines is 2. The molecule has 1 amide bonds. The van der Waals surface area contributed by atoms with Crippen molar-refractivity contribution < 1.29 is 9.18 Å². The van der Waals surface area contributed by atoms with Gasteiger partial charge in [0.05, 0.1) is 11.9 Å². The van der Waals surface area contributed by atoms with Crippen LogP contribution >= 0.6 is 0 Å². The summed E-state index contributed by atoms with van der Waals surface area (Å²) >= 11 is 0. The summed E-state index contributed by atoms with van der Waals surface area (Å²) in [7, 11) is 0. The van der Waals surface area contributed by atoms with Gasteiger partial charge in [0.2, 0.25) is 0 Å². The highest BCUT2D eigenvalue weighted by molar-refractivity contribution is 5.92. The van der Waals surface area contributed by atoms with Gasteiger partial charge in [-0.25, -0.2) is 9.37 Å². The molecule has 0 unspecified atom stereocenters. The summed E-state index contributed by atoms with van der Waals surface area (Å²) in [6.07, 6.45) is 4.26. The molecule has 5 nitrogen and oxygen atoms in total.